The zero-order valence-electron chi connectivity index (χ0n) is 18.3. The number of benzene rings is 2. The summed E-state index contributed by atoms with van der Waals surface area (Å²) < 4.78 is 30.7. The van der Waals surface area contributed by atoms with Crippen LogP contribution in [0.15, 0.2) is 48.5 Å². The highest BCUT2D eigenvalue weighted by molar-refractivity contribution is 7.92. The van der Waals surface area contributed by atoms with Crippen LogP contribution in [0.25, 0.3) is 0 Å². The van der Waals surface area contributed by atoms with Crippen molar-refractivity contribution in [3.63, 3.8) is 0 Å². The molecule has 0 unspecified atom stereocenters. The molecular formula is C22H29N3O5S. The summed E-state index contributed by atoms with van der Waals surface area (Å²) in [6.45, 7) is 0.0862. The highest BCUT2D eigenvalue weighted by atomic mass is 32.2. The van der Waals surface area contributed by atoms with Crippen LogP contribution in [-0.4, -0.2) is 65.7 Å². The summed E-state index contributed by atoms with van der Waals surface area (Å²) >= 11 is 0. The van der Waals surface area contributed by atoms with Gasteiger partial charge in [0.15, 0.2) is 0 Å². The van der Waals surface area contributed by atoms with Gasteiger partial charge in [0.25, 0.3) is 5.91 Å². The van der Waals surface area contributed by atoms with E-state index in [1.54, 1.807) is 33.3 Å². The van der Waals surface area contributed by atoms with Crippen LogP contribution in [0.5, 0.6) is 5.75 Å². The molecule has 0 saturated heterocycles. The van der Waals surface area contributed by atoms with Gasteiger partial charge in [0.2, 0.25) is 15.9 Å². The molecule has 0 aliphatic carbocycles. The fourth-order valence-corrected chi connectivity index (χ4v) is 3.82. The second-order valence-corrected chi connectivity index (χ2v) is 9.23. The summed E-state index contributed by atoms with van der Waals surface area (Å²) in [5, 5.41) is 2.76. The molecule has 0 aliphatic heterocycles. The smallest absolute Gasteiger partial charge is 0.253 e. The number of sulfonamides is 1. The molecule has 168 valence electrons. The fraction of sp³-hybridized carbons (Fsp3) is 0.364. The number of hydrogen-bond donors (Lipinski definition) is 1. The van der Waals surface area contributed by atoms with E-state index in [-0.39, 0.29) is 12.5 Å². The maximum absolute atomic E-state index is 12.4. The van der Waals surface area contributed by atoms with E-state index in [0.29, 0.717) is 24.2 Å². The van der Waals surface area contributed by atoms with Crippen molar-refractivity contribution < 1.29 is 22.7 Å². The molecule has 31 heavy (non-hydrogen) atoms. The van der Waals surface area contributed by atoms with E-state index < -0.39 is 15.9 Å². The molecule has 0 heterocycles. The molecule has 0 fully saturated rings. The lowest BCUT2D eigenvalue weighted by Crippen LogP contribution is -2.40. The molecule has 9 heteroatoms. The Kier molecular flexibility index (Phi) is 8.44. The first-order valence-electron chi connectivity index (χ1n) is 9.81. The minimum atomic E-state index is -3.68. The Morgan fingerprint density at radius 2 is 1.74 bits per heavy atom. The molecule has 2 aromatic carbocycles. The maximum atomic E-state index is 12.4. The molecule has 0 saturated carbocycles. The lowest BCUT2D eigenvalue weighted by Gasteiger charge is -2.22. The molecular weight excluding hydrogens is 418 g/mol. The first-order chi connectivity index (χ1) is 14.6. The summed E-state index contributed by atoms with van der Waals surface area (Å²) in [7, 11) is 1.20. The summed E-state index contributed by atoms with van der Waals surface area (Å²) in [6.07, 6.45) is 2.51. The number of carbonyl (C=O) groups excluding carboxylic acids is 2. The van der Waals surface area contributed by atoms with Crippen LogP contribution in [0.1, 0.15) is 22.3 Å². The number of nitrogens with one attached hydrogen (secondary N) is 1. The van der Waals surface area contributed by atoms with Gasteiger partial charge in [-0.15, -0.1) is 0 Å². The Labute approximate surface area is 183 Å². The Bertz CT molecular complexity index is 1000. The highest BCUT2D eigenvalue weighted by Gasteiger charge is 2.21. The van der Waals surface area contributed by atoms with E-state index in [1.165, 1.54) is 17.0 Å². The average Bonchev–Trinajstić information content (AvgIpc) is 2.74. The number of aryl methyl sites for hydroxylation is 1. The molecule has 0 spiro atoms. The van der Waals surface area contributed by atoms with Gasteiger partial charge in [-0.3, -0.25) is 13.9 Å². The summed E-state index contributed by atoms with van der Waals surface area (Å²) in [5.41, 5.74) is 1.85. The first-order valence-corrected chi connectivity index (χ1v) is 11.7. The van der Waals surface area contributed by atoms with Gasteiger partial charge in [0, 0.05) is 26.2 Å². The number of hydrogen-bond acceptors (Lipinski definition) is 5. The minimum Gasteiger partial charge on any atom is -0.497 e. The highest BCUT2D eigenvalue weighted by Crippen LogP contribution is 2.19. The molecule has 0 aromatic heterocycles. The van der Waals surface area contributed by atoms with E-state index in [9.17, 15) is 18.0 Å². The van der Waals surface area contributed by atoms with Gasteiger partial charge < -0.3 is 15.0 Å². The number of methoxy groups -OCH3 is 1. The lowest BCUT2D eigenvalue weighted by molar-refractivity contribution is -0.119. The molecule has 0 aliphatic rings. The van der Waals surface area contributed by atoms with Crippen LogP contribution in [0.2, 0.25) is 0 Å². The molecule has 2 amide bonds. The predicted octanol–water partition coefficient (Wildman–Crippen LogP) is 1.91. The Hall–Kier alpha value is -3.07. The van der Waals surface area contributed by atoms with Crippen LogP contribution in [0, 0.1) is 0 Å². The standard InChI is InChI=1S/C22H29N3O5S/c1-24(2)22(27)18-10-12-19(13-11-18)25(31(4,28)29)16-21(26)23-14-6-8-17-7-5-9-20(15-17)30-3/h5,7,9-13,15H,6,8,14,16H2,1-4H3,(H,23,26). The zero-order chi connectivity index (χ0) is 23.0. The number of nitrogens with zero attached hydrogens (tertiary/aromatic N) is 2. The van der Waals surface area contributed by atoms with Gasteiger partial charge in [-0.05, 0) is 54.8 Å². The zero-order valence-corrected chi connectivity index (χ0v) is 19.1. The van der Waals surface area contributed by atoms with Crippen LogP contribution in [-0.2, 0) is 21.2 Å². The van der Waals surface area contributed by atoms with Crippen molar-refractivity contribution in [2.45, 2.75) is 12.8 Å². The van der Waals surface area contributed by atoms with Gasteiger partial charge in [-0.1, -0.05) is 12.1 Å². The average molecular weight is 448 g/mol. The second kappa shape index (κ2) is 10.8. The van der Waals surface area contributed by atoms with Gasteiger partial charge in [0.1, 0.15) is 12.3 Å². The minimum absolute atomic E-state index is 0.189. The van der Waals surface area contributed by atoms with Crippen molar-refractivity contribution in [1.29, 1.82) is 0 Å². The number of amides is 2. The van der Waals surface area contributed by atoms with E-state index >= 15 is 0 Å². The van der Waals surface area contributed by atoms with Gasteiger partial charge in [-0.25, -0.2) is 8.42 Å². The summed E-state index contributed by atoms with van der Waals surface area (Å²) in [6, 6.07) is 13.8. The maximum Gasteiger partial charge on any atom is 0.253 e. The van der Waals surface area contributed by atoms with Crippen LogP contribution in [0.4, 0.5) is 5.69 Å². The number of ether oxygens (including phenoxy) is 1. The Balaban J connectivity index is 1.95. The molecule has 1 N–H and O–H groups in total. The molecule has 8 nitrogen and oxygen atoms in total. The monoisotopic (exact) mass is 447 g/mol. The quantitative estimate of drug-likeness (QED) is 0.562. The first kappa shape index (κ1) is 24.2. The fourth-order valence-electron chi connectivity index (χ4n) is 2.96. The second-order valence-electron chi connectivity index (χ2n) is 7.32. The van der Waals surface area contributed by atoms with Gasteiger partial charge in [0.05, 0.1) is 19.1 Å². The predicted molar refractivity (Wildman–Crippen MR) is 121 cm³/mol. The van der Waals surface area contributed by atoms with E-state index in [4.69, 9.17) is 4.74 Å². The van der Waals surface area contributed by atoms with Crippen LogP contribution >= 0.6 is 0 Å². The number of carbonyl (C=O) groups is 2. The Morgan fingerprint density at radius 3 is 2.32 bits per heavy atom. The van der Waals surface area contributed by atoms with Crippen molar-refractivity contribution in [3.05, 3.63) is 59.7 Å². The van der Waals surface area contributed by atoms with Gasteiger partial charge in [-0.2, -0.15) is 0 Å². The summed E-state index contributed by atoms with van der Waals surface area (Å²) in [4.78, 5) is 25.8. The Morgan fingerprint density at radius 1 is 1.06 bits per heavy atom. The van der Waals surface area contributed by atoms with E-state index in [2.05, 4.69) is 5.32 Å². The molecule has 2 rings (SSSR count). The van der Waals surface area contributed by atoms with Crippen molar-refractivity contribution in [2.24, 2.45) is 0 Å². The van der Waals surface area contributed by atoms with Gasteiger partial charge >= 0.3 is 0 Å². The van der Waals surface area contributed by atoms with E-state index in [0.717, 1.165) is 28.3 Å². The molecule has 2 aromatic rings. The number of anilines is 1. The SMILES string of the molecule is COc1cccc(CCCNC(=O)CN(c2ccc(C(=O)N(C)C)cc2)S(C)(=O)=O)c1. The summed E-state index contributed by atoms with van der Waals surface area (Å²) in [5.74, 6) is 0.194. The van der Waals surface area contributed by atoms with Crippen molar-refractivity contribution in [3.8, 4) is 5.75 Å². The largest absolute Gasteiger partial charge is 0.497 e. The third kappa shape index (κ3) is 7.29. The number of rotatable bonds is 10. The van der Waals surface area contributed by atoms with Crippen molar-refractivity contribution in [1.82, 2.24) is 10.2 Å². The molecule has 0 bridgehead atoms. The van der Waals surface area contributed by atoms with Crippen LogP contribution < -0.4 is 14.4 Å². The lowest BCUT2D eigenvalue weighted by atomic mass is 10.1. The van der Waals surface area contributed by atoms with Crippen molar-refractivity contribution >= 4 is 27.5 Å². The molecule has 0 atom stereocenters. The van der Waals surface area contributed by atoms with Crippen LogP contribution in [0.3, 0.4) is 0 Å². The topological polar surface area (TPSA) is 96.0 Å². The van der Waals surface area contributed by atoms with Crippen molar-refractivity contribution in [2.75, 3.05) is 44.9 Å². The van der Waals surface area contributed by atoms with E-state index in [1.807, 2.05) is 24.3 Å². The normalized spacial score (nSPS) is 11.0. The molecule has 0 radical (unpaired) electrons. The third-order valence-corrected chi connectivity index (χ3v) is 5.74. The third-order valence-electron chi connectivity index (χ3n) is 4.59.